The number of hydrogen-bond acceptors (Lipinski definition) is 8. The van der Waals surface area contributed by atoms with Crippen LogP contribution in [0.5, 0.6) is 0 Å². The monoisotopic (exact) mass is 422 g/mol. The van der Waals surface area contributed by atoms with Crippen molar-refractivity contribution < 1.29 is 9.18 Å². The number of nitrogens with zero attached hydrogens (tertiary/aromatic N) is 4. The molecule has 0 spiro atoms. The van der Waals surface area contributed by atoms with E-state index in [9.17, 15) is 9.18 Å². The minimum absolute atomic E-state index is 0.0471. The lowest BCUT2D eigenvalue weighted by atomic mass is 10.1. The molecule has 0 radical (unpaired) electrons. The summed E-state index contributed by atoms with van der Waals surface area (Å²) in [6.45, 7) is 1.50. The Hall–Kier alpha value is -3.79. The van der Waals surface area contributed by atoms with Crippen molar-refractivity contribution in [1.82, 2.24) is 15.0 Å². The molecule has 1 amide bonds. The maximum atomic E-state index is 14.2. The van der Waals surface area contributed by atoms with Crippen molar-refractivity contribution in [3.05, 3.63) is 54.2 Å². The van der Waals surface area contributed by atoms with Gasteiger partial charge in [0.05, 0.1) is 17.6 Å². The SMILES string of the molecule is Nc1nc(N)c(-c2ccccc2F)nc1C(=O)Nc1cnccc1N1CCCC(N)C1. The molecule has 3 aromatic rings. The van der Waals surface area contributed by atoms with Crippen LogP contribution >= 0.6 is 0 Å². The van der Waals surface area contributed by atoms with Crippen molar-refractivity contribution in [1.29, 1.82) is 0 Å². The van der Waals surface area contributed by atoms with Gasteiger partial charge in [-0.25, -0.2) is 14.4 Å². The molecule has 4 rings (SSSR count). The Balaban J connectivity index is 1.66. The molecule has 1 aromatic carbocycles. The fourth-order valence-corrected chi connectivity index (χ4v) is 3.65. The van der Waals surface area contributed by atoms with Gasteiger partial charge in [-0.05, 0) is 31.0 Å². The summed E-state index contributed by atoms with van der Waals surface area (Å²) in [6.07, 6.45) is 5.11. The second-order valence-corrected chi connectivity index (χ2v) is 7.37. The first-order valence-electron chi connectivity index (χ1n) is 9.88. The Morgan fingerprint density at radius 2 is 1.97 bits per heavy atom. The molecule has 1 aliphatic rings. The van der Waals surface area contributed by atoms with Crippen LogP contribution in [0.25, 0.3) is 11.3 Å². The van der Waals surface area contributed by atoms with Gasteiger partial charge in [0.2, 0.25) is 0 Å². The van der Waals surface area contributed by atoms with Crippen molar-refractivity contribution in [2.75, 3.05) is 34.8 Å². The normalized spacial score (nSPS) is 16.2. The first kappa shape index (κ1) is 20.5. The Kier molecular flexibility index (Phi) is 5.63. The Morgan fingerprint density at radius 3 is 2.74 bits per heavy atom. The lowest BCUT2D eigenvalue weighted by molar-refractivity contribution is 0.102. The van der Waals surface area contributed by atoms with E-state index in [1.54, 1.807) is 24.5 Å². The zero-order valence-electron chi connectivity index (χ0n) is 16.8. The van der Waals surface area contributed by atoms with E-state index in [1.807, 2.05) is 6.07 Å². The molecular weight excluding hydrogens is 399 g/mol. The predicted octanol–water partition coefficient (Wildman–Crippen LogP) is 2.02. The Morgan fingerprint density at radius 1 is 1.16 bits per heavy atom. The second kappa shape index (κ2) is 8.52. The molecule has 2 aromatic heterocycles. The highest BCUT2D eigenvalue weighted by Crippen LogP contribution is 2.30. The molecule has 1 saturated heterocycles. The predicted molar refractivity (Wildman–Crippen MR) is 118 cm³/mol. The number of carbonyl (C=O) groups excluding carboxylic acids is 1. The molecule has 3 heterocycles. The third kappa shape index (κ3) is 4.24. The molecule has 1 fully saturated rings. The summed E-state index contributed by atoms with van der Waals surface area (Å²) in [5.74, 6) is -1.35. The first-order valence-corrected chi connectivity index (χ1v) is 9.88. The Labute approximate surface area is 178 Å². The lowest BCUT2D eigenvalue weighted by Gasteiger charge is -2.33. The van der Waals surface area contributed by atoms with Crippen LogP contribution in [0.1, 0.15) is 23.3 Å². The van der Waals surface area contributed by atoms with E-state index in [0.717, 1.165) is 25.1 Å². The minimum Gasteiger partial charge on any atom is -0.382 e. The van der Waals surface area contributed by atoms with Crippen LogP contribution in [0.15, 0.2) is 42.7 Å². The smallest absolute Gasteiger partial charge is 0.278 e. The minimum atomic E-state index is -0.599. The number of amides is 1. The van der Waals surface area contributed by atoms with E-state index in [0.29, 0.717) is 12.2 Å². The third-order valence-corrected chi connectivity index (χ3v) is 5.14. The van der Waals surface area contributed by atoms with E-state index < -0.39 is 11.7 Å². The number of nitrogens with one attached hydrogen (secondary N) is 1. The average Bonchev–Trinajstić information content (AvgIpc) is 2.75. The van der Waals surface area contributed by atoms with Gasteiger partial charge >= 0.3 is 0 Å². The molecule has 1 aliphatic heterocycles. The number of nitrogens with two attached hydrogens (primary N) is 3. The maximum absolute atomic E-state index is 14.2. The van der Waals surface area contributed by atoms with E-state index in [-0.39, 0.29) is 34.6 Å². The molecule has 160 valence electrons. The van der Waals surface area contributed by atoms with E-state index >= 15 is 0 Å². The fraction of sp³-hybridized carbons (Fsp3) is 0.238. The van der Waals surface area contributed by atoms with Crippen molar-refractivity contribution in [3.8, 4) is 11.3 Å². The molecule has 1 unspecified atom stereocenters. The highest BCUT2D eigenvalue weighted by atomic mass is 19.1. The highest BCUT2D eigenvalue weighted by molar-refractivity contribution is 6.07. The van der Waals surface area contributed by atoms with Gasteiger partial charge in [0, 0.05) is 30.9 Å². The molecule has 1 atom stereocenters. The van der Waals surface area contributed by atoms with Crippen LogP contribution in [0.2, 0.25) is 0 Å². The van der Waals surface area contributed by atoms with Crippen LogP contribution in [0.3, 0.4) is 0 Å². The molecule has 31 heavy (non-hydrogen) atoms. The van der Waals surface area contributed by atoms with Crippen molar-refractivity contribution in [3.63, 3.8) is 0 Å². The molecule has 7 N–H and O–H groups in total. The summed E-state index contributed by atoms with van der Waals surface area (Å²) in [4.78, 5) is 27.5. The van der Waals surface area contributed by atoms with Gasteiger partial charge in [0.25, 0.3) is 5.91 Å². The van der Waals surface area contributed by atoms with Gasteiger partial charge in [-0.1, -0.05) is 12.1 Å². The van der Waals surface area contributed by atoms with Gasteiger partial charge in [0.1, 0.15) is 11.5 Å². The van der Waals surface area contributed by atoms with E-state index in [2.05, 4.69) is 25.2 Å². The Bertz CT molecular complexity index is 1120. The number of hydrogen-bond donors (Lipinski definition) is 4. The van der Waals surface area contributed by atoms with Crippen molar-refractivity contribution in [2.45, 2.75) is 18.9 Å². The number of piperidine rings is 1. The van der Waals surface area contributed by atoms with Crippen LogP contribution in [-0.2, 0) is 0 Å². The summed E-state index contributed by atoms with van der Waals surface area (Å²) >= 11 is 0. The first-order chi connectivity index (χ1) is 14.9. The number of anilines is 4. The highest BCUT2D eigenvalue weighted by Gasteiger charge is 2.23. The number of carbonyl (C=O) groups is 1. The average molecular weight is 422 g/mol. The quantitative estimate of drug-likeness (QED) is 0.499. The molecule has 9 nitrogen and oxygen atoms in total. The second-order valence-electron chi connectivity index (χ2n) is 7.37. The fourth-order valence-electron chi connectivity index (χ4n) is 3.65. The summed E-state index contributed by atoms with van der Waals surface area (Å²) in [5, 5.41) is 2.79. The van der Waals surface area contributed by atoms with Crippen LogP contribution in [0.4, 0.5) is 27.4 Å². The lowest BCUT2D eigenvalue weighted by Crippen LogP contribution is -2.43. The van der Waals surface area contributed by atoms with Crippen molar-refractivity contribution >= 4 is 28.9 Å². The number of pyridine rings is 1. The zero-order chi connectivity index (χ0) is 22.0. The van der Waals surface area contributed by atoms with E-state index in [4.69, 9.17) is 17.2 Å². The molecular formula is C21H23FN8O. The van der Waals surface area contributed by atoms with Crippen LogP contribution in [-0.4, -0.2) is 40.0 Å². The standard InChI is InChI=1S/C21H23FN8O/c22-14-6-2-1-5-13(14)17-19(24)29-20(25)18(28-17)21(31)27-15-10-26-8-7-16(15)30-9-3-4-12(23)11-30/h1-2,5-8,10,12H,3-4,9,11,23H2,(H,27,31)(H4,24,25,29). The van der Waals surface area contributed by atoms with Gasteiger partial charge in [-0.3, -0.25) is 9.78 Å². The maximum Gasteiger partial charge on any atom is 0.278 e. The summed E-state index contributed by atoms with van der Waals surface area (Å²) in [7, 11) is 0. The number of halogens is 1. The zero-order valence-corrected chi connectivity index (χ0v) is 16.8. The van der Waals surface area contributed by atoms with Crippen molar-refractivity contribution in [2.24, 2.45) is 5.73 Å². The largest absolute Gasteiger partial charge is 0.382 e. The summed E-state index contributed by atoms with van der Waals surface area (Å²) in [5.41, 5.74) is 19.2. The molecule has 0 saturated carbocycles. The third-order valence-electron chi connectivity index (χ3n) is 5.14. The number of aromatic nitrogens is 3. The van der Waals surface area contributed by atoms with Gasteiger partial charge in [0.15, 0.2) is 17.3 Å². The summed E-state index contributed by atoms with van der Waals surface area (Å²) < 4.78 is 14.2. The van der Waals surface area contributed by atoms with Crippen LogP contribution < -0.4 is 27.4 Å². The molecule has 10 heteroatoms. The number of rotatable bonds is 4. The van der Waals surface area contributed by atoms with Gasteiger partial charge in [-0.15, -0.1) is 0 Å². The molecule has 0 aliphatic carbocycles. The topological polar surface area (TPSA) is 149 Å². The molecule has 0 bridgehead atoms. The summed E-state index contributed by atoms with van der Waals surface area (Å²) in [6, 6.07) is 7.85. The van der Waals surface area contributed by atoms with E-state index in [1.165, 1.54) is 12.1 Å². The number of benzene rings is 1. The van der Waals surface area contributed by atoms with Gasteiger partial charge in [-0.2, -0.15) is 0 Å². The van der Waals surface area contributed by atoms with Gasteiger partial charge < -0.3 is 27.4 Å². The number of nitrogen functional groups attached to an aromatic ring is 2. The van der Waals surface area contributed by atoms with Crippen LogP contribution in [0, 0.1) is 5.82 Å².